The van der Waals surface area contributed by atoms with Gasteiger partial charge >= 0.3 is 0 Å². The minimum absolute atomic E-state index is 0.0833. The van der Waals surface area contributed by atoms with Gasteiger partial charge in [0.05, 0.1) is 10.4 Å². The summed E-state index contributed by atoms with van der Waals surface area (Å²) in [4.78, 5) is 1.18. The molecule has 1 aliphatic rings. The molecule has 1 heterocycles. The van der Waals surface area contributed by atoms with Crippen LogP contribution >= 0.6 is 22.9 Å². The molecule has 2 N–H and O–H groups in total. The van der Waals surface area contributed by atoms with Gasteiger partial charge in [0.25, 0.3) is 0 Å². The fraction of sp³-hybridized carbons (Fsp3) is 0.400. The molecule has 1 aromatic rings. The summed E-state index contributed by atoms with van der Waals surface area (Å²) in [5.74, 6) is 0. The minimum Gasteiger partial charge on any atom is -0.320 e. The van der Waals surface area contributed by atoms with Crippen LogP contribution in [0, 0.1) is 0 Å². The standard InChI is InChI=1S/C10H12ClNS/c11-9-6-5-8(13-9)10(12)7-3-1-2-4-7/h3,5-6,10H,1-2,4,12H2. The minimum atomic E-state index is 0.0833. The van der Waals surface area contributed by atoms with Gasteiger partial charge in [-0.15, -0.1) is 11.3 Å². The average Bonchev–Trinajstić information content (AvgIpc) is 2.72. The van der Waals surface area contributed by atoms with E-state index in [1.807, 2.05) is 12.1 Å². The van der Waals surface area contributed by atoms with Gasteiger partial charge in [0.15, 0.2) is 0 Å². The molecule has 13 heavy (non-hydrogen) atoms. The quantitative estimate of drug-likeness (QED) is 0.748. The van der Waals surface area contributed by atoms with Gasteiger partial charge < -0.3 is 5.73 Å². The van der Waals surface area contributed by atoms with E-state index in [0.29, 0.717) is 0 Å². The van der Waals surface area contributed by atoms with Gasteiger partial charge in [-0.1, -0.05) is 23.3 Å². The molecule has 1 aromatic heterocycles. The molecule has 3 heteroatoms. The Morgan fingerprint density at radius 1 is 1.46 bits per heavy atom. The van der Waals surface area contributed by atoms with Crippen molar-refractivity contribution in [3.8, 4) is 0 Å². The maximum absolute atomic E-state index is 6.10. The van der Waals surface area contributed by atoms with E-state index in [0.717, 1.165) is 10.8 Å². The second-order valence-electron chi connectivity index (χ2n) is 3.29. The van der Waals surface area contributed by atoms with Gasteiger partial charge in [-0.05, 0) is 31.4 Å². The van der Waals surface area contributed by atoms with Crippen LogP contribution in [-0.2, 0) is 0 Å². The highest BCUT2D eigenvalue weighted by atomic mass is 35.5. The monoisotopic (exact) mass is 213 g/mol. The van der Waals surface area contributed by atoms with E-state index in [2.05, 4.69) is 6.08 Å². The Balaban J connectivity index is 2.16. The maximum Gasteiger partial charge on any atom is 0.0931 e. The SMILES string of the molecule is NC(C1=CCCC1)c1ccc(Cl)s1. The van der Waals surface area contributed by atoms with Crippen LogP contribution in [0.2, 0.25) is 4.34 Å². The number of hydrogen-bond donors (Lipinski definition) is 1. The van der Waals surface area contributed by atoms with Crippen LogP contribution in [0.15, 0.2) is 23.8 Å². The number of nitrogens with two attached hydrogens (primary N) is 1. The fourth-order valence-corrected chi connectivity index (χ4v) is 2.76. The predicted octanol–water partition coefficient (Wildman–Crippen LogP) is 3.51. The Hall–Kier alpha value is -0.310. The van der Waals surface area contributed by atoms with E-state index >= 15 is 0 Å². The molecule has 0 amide bonds. The molecule has 0 aliphatic heterocycles. The van der Waals surface area contributed by atoms with Crippen molar-refractivity contribution in [3.05, 3.63) is 33.0 Å². The molecule has 70 valence electrons. The van der Waals surface area contributed by atoms with Crippen molar-refractivity contribution < 1.29 is 0 Å². The van der Waals surface area contributed by atoms with Crippen LogP contribution in [0.1, 0.15) is 30.2 Å². The molecule has 0 radical (unpaired) electrons. The summed E-state index contributed by atoms with van der Waals surface area (Å²) in [6.07, 6.45) is 5.85. The number of rotatable bonds is 2. The summed E-state index contributed by atoms with van der Waals surface area (Å²) in [7, 11) is 0. The van der Waals surface area contributed by atoms with E-state index < -0.39 is 0 Å². The number of hydrogen-bond acceptors (Lipinski definition) is 2. The van der Waals surface area contributed by atoms with Crippen molar-refractivity contribution >= 4 is 22.9 Å². The van der Waals surface area contributed by atoms with Gasteiger partial charge in [0.2, 0.25) is 0 Å². The van der Waals surface area contributed by atoms with E-state index in [-0.39, 0.29) is 6.04 Å². The van der Waals surface area contributed by atoms with E-state index in [4.69, 9.17) is 17.3 Å². The Bertz CT molecular complexity index is 329. The summed E-state index contributed by atoms with van der Waals surface area (Å²) in [5.41, 5.74) is 7.47. The molecule has 0 bridgehead atoms. The highest BCUT2D eigenvalue weighted by Crippen LogP contribution is 2.33. The second kappa shape index (κ2) is 3.82. The summed E-state index contributed by atoms with van der Waals surface area (Å²) < 4.78 is 0.823. The van der Waals surface area contributed by atoms with Crippen LogP contribution in [-0.4, -0.2) is 0 Å². The number of halogens is 1. The zero-order chi connectivity index (χ0) is 9.26. The third kappa shape index (κ3) is 1.96. The highest BCUT2D eigenvalue weighted by molar-refractivity contribution is 7.16. The van der Waals surface area contributed by atoms with E-state index in [1.165, 1.54) is 23.3 Å². The lowest BCUT2D eigenvalue weighted by Gasteiger charge is -2.10. The van der Waals surface area contributed by atoms with Gasteiger partial charge in [0, 0.05) is 4.88 Å². The molecule has 0 saturated heterocycles. The molecule has 2 rings (SSSR count). The van der Waals surface area contributed by atoms with Crippen molar-refractivity contribution in [2.45, 2.75) is 25.3 Å². The number of thiophene rings is 1. The first-order chi connectivity index (χ1) is 6.27. The van der Waals surface area contributed by atoms with Crippen LogP contribution in [0.3, 0.4) is 0 Å². The molecule has 1 atom stereocenters. The van der Waals surface area contributed by atoms with Gasteiger partial charge in [-0.25, -0.2) is 0 Å². The Kier molecular flexibility index (Phi) is 2.72. The lowest BCUT2D eigenvalue weighted by Crippen LogP contribution is -2.10. The highest BCUT2D eigenvalue weighted by Gasteiger charge is 2.16. The zero-order valence-corrected chi connectivity index (χ0v) is 8.87. The predicted molar refractivity (Wildman–Crippen MR) is 58.2 cm³/mol. The molecular formula is C10H12ClNS. The largest absolute Gasteiger partial charge is 0.320 e. The van der Waals surface area contributed by atoms with Crippen molar-refractivity contribution in [2.75, 3.05) is 0 Å². The van der Waals surface area contributed by atoms with Gasteiger partial charge in [-0.3, -0.25) is 0 Å². The molecule has 1 unspecified atom stereocenters. The molecule has 0 aromatic carbocycles. The fourth-order valence-electron chi connectivity index (χ4n) is 1.66. The first-order valence-electron chi connectivity index (χ1n) is 4.47. The summed E-state index contributed by atoms with van der Waals surface area (Å²) in [6.45, 7) is 0. The Labute approximate surface area is 87.2 Å². The topological polar surface area (TPSA) is 26.0 Å². The maximum atomic E-state index is 6.10. The van der Waals surface area contributed by atoms with Crippen molar-refractivity contribution in [3.63, 3.8) is 0 Å². The van der Waals surface area contributed by atoms with Gasteiger partial charge in [-0.2, -0.15) is 0 Å². The normalized spacial score (nSPS) is 18.8. The number of allylic oxidation sites excluding steroid dienone is 1. The van der Waals surface area contributed by atoms with E-state index in [1.54, 1.807) is 11.3 Å². The molecule has 1 nitrogen and oxygen atoms in total. The third-order valence-corrected chi connectivity index (χ3v) is 3.69. The molecule has 1 aliphatic carbocycles. The van der Waals surface area contributed by atoms with Gasteiger partial charge in [0.1, 0.15) is 0 Å². The molecule has 0 saturated carbocycles. The molecule has 0 fully saturated rings. The summed E-state index contributed by atoms with van der Waals surface area (Å²) in [6, 6.07) is 4.02. The van der Waals surface area contributed by atoms with Crippen LogP contribution < -0.4 is 5.73 Å². The van der Waals surface area contributed by atoms with Crippen LogP contribution in [0.5, 0.6) is 0 Å². The lowest BCUT2D eigenvalue weighted by atomic mass is 10.1. The van der Waals surface area contributed by atoms with Crippen molar-refractivity contribution in [1.82, 2.24) is 0 Å². The first kappa shape index (κ1) is 9.25. The lowest BCUT2D eigenvalue weighted by molar-refractivity contribution is 0.796. The summed E-state index contributed by atoms with van der Waals surface area (Å²) in [5, 5.41) is 0. The van der Waals surface area contributed by atoms with Crippen molar-refractivity contribution in [1.29, 1.82) is 0 Å². The second-order valence-corrected chi connectivity index (χ2v) is 5.04. The molecular weight excluding hydrogens is 202 g/mol. The molecule has 0 spiro atoms. The summed E-state index contributed by atoms with van der Waals surface area (Å²) >= 11 is 7.44. The first-order valence-corrected chi connectivity index (χ1v) is 5.66. The van der Waals surface area contributed by atoms with Crippen LogP contribution in [0.4, 0.5) is 0 Å². The van der Waals surface area contributed by atoms with E-state index in [9.17, 15) is 0 Å². The third-order valence-electron chi connectivity index (χ3n) is 2.38. The van der Waals surface area contributed by atoms with Crippen LogP contribution in [0.25, 0.3) is 0 Å². The smallest absolute Gasteiger partial charge is 0.0931 e. The zero-order valence-electron chi connectivity index (χ0n) is 7.29. The Morgan fingerprint density at radius 2 is 2.31 bits per heavy atom. The van der Waals surface area contributed by atoms with Crippen molar-refractivity contribution in [2.24, 2.45) is 5.73 Å². The average molecular weight is 214 g/mol. The Morgan fingerprint density at radius 3 is 2.85 bits per heavy atom.